The van der Waals surface area contributed by atoms with Crippen molar-refractivity contribution in [1.82, 2.24) is 0 Å². The van der Waals surface area contributed by atoms with Crippen LogP contribution in [-0.4, -0.2) is 41.5 Å². The summed E-state index contributed by atoms with van der Waals surface area (Å²) in [6.45, 7) is 0.930. The van der Waals surface area contributed by atoms with E-state index in [2.05, 4.69) is 10.0 Å². The maximum absolute atomic E-state index is 11.2. The van der Waals surface area contributed by atoms with Crippen LogP contribution in [0, 0.1) is 0 Å². The van der Waals surface area contributed by atoms with E-state index in [1.807, 2.05) is 91.0 Å². The van der Waals surface area contributed by atoms with Gasteiger partial charge < -0.3 is 19.3 Å². The molecule has 5 atom stereocenters. The fourth-order valence-electron chi connectivity index (χ4n) is 3.79. The minimum atomic E-state index is -1.06. The molecule has 7 nitrogen and oxygen atoms in total. The maximum Gasteiger partial charge on any atom is 0.119 e. The van der Waals surface area contributed by atoms with E-state index in [0.29, 0.717) is 13.2 Å². The van der Waals surface area contributed by atoms with Crippen LogP contribution in [0.2, 0.25) is 0 Å². The number of ether oxygens (including phenoxy) is 3. The molecule has 34 heavy (non-hydrogen) atoms. The number of thioether (sulfide) groups is 1. The number of benzene rings is 3. The van der Waals surface area contributed by atoms with Crippen LogP contribution < -0.4 is 0 Å². The maximum atomic E-state index is 11.2. The normalized spacial score (nSPS) is 24.3. The van der Waals surface area contributed by atoms with Crippen molar-refractivity contribution < 1.29 is 19.3 Å². The molecular formula is C26H27N3O4S. The molecule has 1 heterocycles. The highest BCUT2D eigenvalue weighted by molar-refractivity contribution is 7.99. The Balaban J connectivity index is 1.51. The quantitative estimate of drug-likeness (QED) is 0.241. The van der Waals surface area contributed by atoms with Gasteiger partial charge >= 0.3 is 0 Å². The van der Waals surface area contributed by atoms with Gasteiger partial charge in [0.15, 0.2) is 0 Å². The molecule has 3 aromatic carbocycles. The monoisotopic (exact) mass is 477 g/mol. The van der Waals surface area contributed by atoms with Gasteiger partial charge in [0.25, 0.3) is 0 Å². The number of nitrogens with zero attached hydrogens (tertiary/aromatic N) is 3. The van der Waals surface area contributed by atoms with Crippen molar-refractivity contribution in [2.45, 2.75) is 47.9 Å². The SMILES string of the molecule is [N-]=[N+]=NC1[C@@H](O)[C@H](OCc2ccccc2)[C@@H](COCc2ccccc2)O[C@H]1Sc1ccccc1. The first-order valence-corrected chi connectivity index (χ1v) is 12.0. The minimum Gasteiger partial charge on any atom is -0.390 e. The van der Waals surface area contributed by atoms with Gasteiger partial charge in [-0.25, -0.2) is 0 Å². The van der Waals surface area contributed by atoms with Crippen LogP contribution in [0.15, 0.2) is 101 Å². The van der Waals surface area contributed by atoms with Gasteiger partial charge in [0, 0.05) is 9.81 Å². The topological polar surface area (TPSA) is 96.7 Å². The van der Waals surface area contributed by atoms with Crippen LogP contribution in [-0.2, 0) is 27.4 Å². The van der Waals surface area contributed by atoms with E-state index < -0.39 is 29.8 Å². The largest absolute Gasteiger partial charge is 0.390 e. The van der Waals surface area contributed by atoms with Gasteiger partial charge in [-0.3, -0.25) is 0 Å². The van der Waals surface area contributed by atoms with Crippen molar-refractivity contribution >= 4 is 11.8 Å². The minimum absolute atomic E-state index is 0.222. The summed E-state index contributed by atoms with van der Waals surface area (Å²) in [5.74, 6) is 0. The summed E-state index contributed by atoms with van der Waals surface area (Å²) in [6.07, 6.45) is -2.33. The molecule has 3 aromatic rings. The fourth-order valence-corrected chi connectivity index (χ4v) is 4.93. The highest BCUT2D eigenvalue weighted by Crippen LogP contribution is 2.36. The molecule has 1 aliphatic heterocycles. The molecule has 0 radical (unpaired) electrons. The van der Waals surface area contributed by atoms with Crippen molar-refractivity contribution in [3.05, 3.63) is 113 Å². The van der Waals surface area contributed by atoms with Crippen molar-refractivity contribution in [3.63, 3.8) is 0 Å². The zero-order valence-electron chi connectivity index (χ0n) is 18.6. The van der Waals surface area contributed by atoms with E-state index in [0.717, 1.165) is 16.0 Å². The van der Waals surface area contributed by atoms with Crippen LogP contribution in [0.25, 0.3) is 10.4 Å². The lowest BCUT2D eigenvalue weighted by Crippen LogP contribution is -2.58. The van der Waals surface area contributed by atoms with Gasteiger partial charge in [-0.2, -0.15) is 0 Å². The second-order valence-electron chi connectivity index (χ2n) is 7.92. The third-order valence-corrected chi connectivity index (χ3v) is 6.67. The summed E-state index contributed by atoms with van der Waals surface area (Å²) in [5, 5.41) is 15.1. The molecule has 8 heteroatoms. The number of azide groups is 1. The van der Waals surface area contributed by atoms with E-state index in [1.165, 1.54) is 11.8 Å². The van der Waals surface area contributed by atoms with Gasteiger partial charge in [0.2, 0.25) is 0 Å². The molecule has 1 aliphatic rings. The molecule has 1 fully saturated rings. The van der Waals surface area contributed by atoms with Crippen molar-refractivity contribution in [1.29, 1.82) is 0 Å². The lowest BCUT2D eigenvalue weighted by atomic mass is 9.98. The molecule has 0 aliphatic carbocycles. The van der Waals surface area contributed by atoms with Crippen molar-refractivity contribution in [3.8, 4) is 0 Å². The predicted molar refractivity (Wildman–Crippen MR) is 131 cm³/mol. The average molecular weight is 478 g/mol. The second kappa shape index (κ2) is 12.6. The first kappa shape index (κ1) is 24.3. The number of aliphatic hydroxyl groups is 1. The standard InChI is InChI=1S/C26H27N3O4S/c27-29-28-23-24(30)25(32-17-20-12-6-2-7-13-20)22(18-31-16-19-10-4-1-5-11-19)33-26(23)34-21-14-8-3-9-15-21/h1-15,22-26,30H,16-18H2/t22-,23?,24-,25-,26+/m1/s1. The highest BCUT2D eigenvalue weighted by atomic mass is 32.2. The Kier molecular flexibility index (Phi) is 8.98. The Morgan fingerprint density at radius 3 is 2.09 bits per heavy atom. The molecule has 1 saturated heterocycles. The zero-order valence-corrected chi connectivity index (χ0v) is 19.4. The van der Waals surface area contributed by atoms with Crippen LogP contribution in [0.4, 0.5) is 0 Å². The first-order valence-electron chi connectivity index (χ1n) is 11.1. The number of rotatable bonds is 10. The Hall–Kier alpha value is -2.84. The Labute approximate surface area is 203 Å². The molecular weight excluding hydrogens is 450 g/mol. The lowest BCUT2D eigenvalue weighted by molar-refractivity contribution is -0.195. The van der Waals surface area contributed by atoms with Gasteiger partial charge in [-0.05, 0) is 28.8 Å². The third-order valence-electron chi connectivity index (χ3n) is 5.50. The van der Waals surface area contributed by atoms with Gasteiger partial charge in [-0.15, -0.1) is 0 Å². The summed E-state index contributed by atoms with van der Waals surface area (Å²) in [4.78, 5) is 3.92. The smallest absolute Gasteiger partial charge is 0.119 e. The van der Waals surface area contributed by atoms with Crippen LogP contribution >= 0.6 is 11.8 Å². The molecule has 0 amide bonds. The van der Waals surface area contributed by atoms with Crippen LogP contribution in [0.5, 0.6) is 0 Å². The number of hydrogen-bond acceptors (Lipinski definition) is 6. The van der Waals surface area contributed by atoms with E-state index in [4.69, 9.17) is 19.7 Å². The van der Waals surface area contributed by atoms with Crippen molar-refractivity contribution in [2.75, 3.05) is 6.61 Å². The van der Waals surface area contributed by atoms with E-state index in [1.54, 1.807) is 0 Å². The highest BCUT2D eigenvalue weighted by Gasteiger charge is 2.46. The number of hydrogen-bond donors (Lipinski definition) is 1. The molecule has 1 N–H and O–H groups in total. The predicted octanol–water partition coefficient (Wildman–Crippen LogP) is 5.35. The summed E-state index contributed by atoms with van der Waals surface area (Å²) in [5.41, 5.74) is 10.6. The molecule has 0 saturated carbocycles. The van der Waals surface area contributed by atoms with E-state index in [-0.39, 0.29) is 6.61 Å². The van der Waals surface area contributed by atoms with Crippen molar-refractivity contribution in [2.24, 2.45) is 5.11 Å². The first-order chi connectivity index (χ1) is 16.7. The lowest BCUT2D eigenvalue weighted by Gasteiger charge is -2.42. The van der Waals surface area contributed by atoms with Gasteiger partial charge in [0.05, 0.1) is 25.9 Å². The van der Waals surface area contributed by atoms with Gasteiger partial charge in [-0.1, -0.05) is 95.7 Å². The van der Waals surface area contributed by atoms with Crippen LogP contribution in [0.1, 0.15) is 11.1 Å². The molecule has 0 spiro atoms. The summed E-state index contributed by atoms with van der Waals surface area (Å²) >= 11 is 1.41. The molecule has 0 bridgehead atoms. The Morgan fingerprint density at radius 2 is 1.47 bits per heavy atom. The molecule has 1 unspecified atom stereocenters. The zero-order chi connectivity index (χ0) is 23.6. The molecule has 4 rings (SSSR count). The third kappa shape index (κ3) is 6.61. The summed E-state index contributed by atoms with van der Waals surface area (Å²) < 4.78 is 18.4. The van der Waals surface area contributed by atoms with Crippen LogP contribution in [0.3, 0.4) is 0 Å². The Bertz CT molecular complexity index is 1050. The second-order valence-corrected chi connectivity index (χ2v) is 9.09. The molecule has 0 aromatic heterocycles. The fraction of sp³-hybridized carbons (Fsp3) is 0.308. The average Bonchev–Trinajstić information content (AvgIpc) is 2.88. The number of aliphatic hydroxyl groups excluding tert-OH is 1. The van der Waals surface area contributed by atoms with Gasteiger partial charge in [0.1, 0.15) is 23.7 Å². The van der Waals surface area contributed by atoms with E-state index in [9.17, 15) is 5.11 Å². The Morgan fingerprint density at radius 1 is 0.882 bits per heavy atom. The molecule has 176 valence electrons. The summed E-state index contributed by atoms with van der Waals surface area (Å²) in [6, 6.07) is 28.4. The van der Waals surface area contributed by atoms with E-state index >= 15 is 0 Å². The summed E-state index contributed by atoms with van der Waals surface area (Å²) in [7, 11) is 0.